The molecule has 0 saturated carbocycles. The second-order valence-electron chi connectivity index (χ2n) is 7.61. The number of amides is 2. The Balaban J connectivity index is 1.25. The first-order chi connectivity index (χ1) is 15.6. The predicted molar refractivity (Wildman–Crippen MR) is 120 cm³/mol. The first-order valence-electron chi connectivity index (χ1n) is 10.5. The molecule has 0 atom stereocenters. The normalized spacial score (nSPS) is 14.1. The molecular weight excluding hydrogens is 406 g/mol. The highest BCUT2D eigenvalue weighted by molar-refractivity contribution is 6.04. The Morgan fingerprint density at radius 2 is 1.75 bits per heavy atom. The summed E-state index contributed by atoms with van der Waals surface area (Å²) in [7, 11) is 0. The predicted octanol–water partition coefficient (Wildman–Crippen LogP) is 3.35. The molecule has 164 valence electrons. The van der Waals surface area contributed by atoms with Gasteiger partial charge in [0.2, 0.25) is 5.88 Å². The van der Waals surface area contributed by atoms with Gasteiger partial charge in [-0.1, -0.05) is 24.3 Å². The van der Waals surface area contributed by atoms with Gasteiger partial charge in [0.15, 0.2) is 0 Å². The molecule has 1 saturated heterocycles. The molecule has 8 heteroatoms. The Bertz CT molecular complexity index is 1060. The molecule has 0 spiro atoms. The summed E-state index contributed by atoms with van der Waals surface area (Å²) in [6.45, 7) is 5.41. The zero-order valence-corrected chi connectivity index (χ0v) is 17.9. The van der Waals surface area contributed by atoms with Crippen LogP contribution >= 0.6 is 0 Å². The number of nitrogens with zero attached hydrogens (tertiary/aromatic N) is 4. The minimum absolute atomic E-state index is 0.194. The van der Waals surface area contributed by atoms with Crippen molar-refractivity contribution in [1.82, 2.24) is 19.8 Å². The lowest BCUT2D eigenvalue weighted by Gasteiger charge is -2.33. The summed E-state index contributed by atoms with van der Waals surface area (Å²) in [6, 6.07) is 18.2. The third-order valence-corrected chi connectivity index (χ3v) is 5.18. The second-order valence-corrected chi connectivity index (χ2v) is 7.61. The summed E-state index contributed by atoms with van der Waals surface area (Å²) in [4.78, 5) is 37.3. The van der Waals surface area contributed by atoms with Crippen molar-refractivity contribution in [3.8, 4) is 5.88 Å². The van der Waals surface area contributed by atoms with Gasteiger partial charge in [0.25, 0.3) is 5.91 Å². The number of aryl methyl sites for hydroxylation is 1. The van der Waals surface area contributed by atoms with Crippen LogP contribution in [0, 0.1) is 6.92 Å². The average molecular weight is 431 g/mol. The molecular formula is C24H25N5O3. The van der Waals surface area contributed by atoms with Gasteiger partial charge in [0.1, 0.15) is 0 Å². The molecule has 32 heavy (non-hydrogen) atoms. The standard InChI is InChI=1S/C24H25N5O3/c1-18-6-5-9-21(26-18)17-28-12-14-29(15-13-28)24(31)32-22-11-10-20(16-25-22)27-23(30)19-7-3-2-4-8-19/h2-11,16H,12-15,17H2,1H3,(H,27,30). The molecule has 3 aromatic rings. The van der Waals surface area contributed by atoms with Crippen molar-refractivity contribution in [2.75, 3.05) is 31.5 Å². The first kappa shape index (κ1) is 21.5. The smallest absolute Gasteiger partial charge is 0.391 e. The van der Waals surface area contributed by atoms with Crippen molar-refractivity contribution in [3.05, 3.63) is 83.8 Å². The molecule has 1 fully saturated rings. The number of carbonyl (C=O) groups excluding carboxylic acids is 2. The number of pyridine rings is 2. The molecule has 2 amide bonds. The molecule has 1 aliphatic rings. The highest BCUT2D eigenvalue weighted by atomic mass is 16.6. The molecule has 2 aromatic heterocycles. The highest BCUT2D eigenvalue weighted by Crippen LogP contribution is 2.15. The van der Waals surface area contributed by atoms with Crippen molar-refractivity contribution in [1.29, 1.82) is 0 Å². The van der Waals surface area contributed by atoms with E-state index in [0.29, 0.717) is 24.3 Å². The van der Waals surface area contributed by atoms with Gasteiger partial charge in [-0.15, -0.1) is 0 Å². The van der Waals surface area contributed by atoms with Gasteiger partial charge >= 0.3 is 6.09 Å². The van der Waals surface area contributed by atoms with Crippen LogP contribution in [0.25, 0.3) is 0 Å². The van der Waals surface area contributed by atoms with E-state index in [4.69, 9.17) is 4.74 Å². The van der Waals surface area contributed by atoms with Crippen LogP contribution in [0.1, 0.15) is 21.7 Å². The fourth-order valence-electron chi connectivity index (χ4n) is 3.47. The highest BCUT2D eigenvalue weighted by Gasteiger charge is 2.23. The summed E-state index contributed by atoms with van der Waals surface area (Å²) in [6.07, 6.45) is 1.04. The Morgan fingerprint density at radius 1 is 0.969 bits per heavy atom. The van der Waals surface area contributed by atoms with E-state index in [1.54, 1.807) is 41.3 Å². The Morgan fingerprint density at radius 3 is 2.44 bits per heavy atom. The van der Waals surface area contributed by atoms with E-state index < -0.39 is 6.09 Å². The van der Waals surface area contributed by atoms with E-state index in [1.807, 2.05) is 31.2 Å². The van der Waals surface area contributed by atoms with Gasteiger partial charge in [-0.3, -0.25) is 14.7 Å². The van der Waals surface area contributed by atoms with Crippen molar-refractivity contribution < 1.29 is 14.3 Å². The van der Waals surface area contributed by atoms with Gasteiger partial charge in [-0.25, -0.2) is 9.78 Å². The van der Waals surface area contributed by atoms with Crippen LogP contribution in [-0.4, -0.2) is 57.9 Å². The molecule has 0 aliphatic carbocycles. The van der Waals surface area contributed by atoms with E-state index in [-0.39, 0.29) is 11.8 Å². The zero-order chi connectivity index (χ0) is 22.3. The van der Waals surface area contributed by atoms with Gasteiger partial charge < -0.3 is 15.0 Å². The Hall–Kier alpha value is -3.78. The van der Waals surface area contributed by atoms with E-state index in [9.17, 15) is 9.59 Å². The van der Waals surface area contributed by atoms with Crippen LogP contribution in [0.2, 0.25) is 0 Å². The minimum atomic E-state index is -0.424. The fourth-order valence-corrected chi connectivity index (χ4v) is 3.47. The molecule has 8 nitrogen and oxygen atoms in total. The third kappa shape index (κ3) is 5.67. The van der Waals surface area contributed by atoms with Crippen LogP contribution in [0.5, 0.6) is 5.88 Å². The van der Waals surface area contributed by atoms with Gasteiger partial charge in [-0.2, -0.15) is 0 Å². The van der Waals surface area contributed by atoms with Crippen molar-refractivity contribution >= 4 is 17.7 Å². The molecule has 1 aliphatic heterocycles. The van der Waals surface area contributed by atoms with Gasteiger partial charge in [0.05, 0.1) is 17.6 Å². The number of anilines is 1. The van der Waals surface area contributed by atoms with Gasteiger partial charge in [-0.05, 0) is 37.3 Å². The van der Waals surface area contributed by atoms with Crippen LogP contribution < -0.4 is 10.1 Å². The number of ether oxygens (including phenoxy) is 1. The lowest BCUT2D eigenvalue weighted by molar-refractivity contribution is 0.102. The largest absolute Gasteiger partial charge is 0.416 e. The maximum Gasteiger partial charge on any atom is 0.416 e. The molecule has 0 unspecified atom stereocenters. The van der Waals surface area contributed by atoms with Crippen molar-refractivity contribution in [2.24, 2.45) is 0 Å². The summed E-state index contributed by atoms with van der Waals surface area (Å²) >= 11 is 0. The number of aromatic nitrogens is 2. The fraction of sp³-hybridized carbons (Fsp3) is 0.250. The Labute approximate surface area is 186 Å². The zero-order valence-electron chi connectivity index (χ0n) is 17.9. The van der Waals surface area contributed by atoms with Crippen molar-refractivity contribution in [3.63, 3.8) is 0 Å². The summed E-state index contributed by atoms with van der Waals surface area (Å²) in [5.74, 6) is -0.0324. The summed E-state index contributed by atoms with van der Waals surface area (Å²) in [5.41, 5.74) is 3.12. The minimum Gasteiger partial charge on any atom is -0.391 e. The quantitative estimate of drug-likeness (QED) is 0.667. The van der Waals surface area contributed by atoms with Crippen LogP contribution in [0.4, 0.5) is 10.5 Å². The molecule has 0 radical (unpaired) electrons. The number of piperazine rings is 1. The van der Waals surface area contributed by atoms with Crippen LogP contribution in [0.15, 0.2) is 66.9 Å². The Kier molecular flexibility index (Phi) is 6.72. The van der Waals surface area contributed by atoms with E-state index in [0.717, 1.165) is 31.0 Å². The SMILES string of the molecule is Cc1cccc(CN2CCN(C(=O)Oc3ccc(NC(=O)c4ccccc4)cn3)CC2)n1. The molecule has 1 N–H and O–H groups in total. The number of benzene rings is 1. The van der Waals surface area contributed by atoms with E-state index in [2.05, 4.69) is 20.2 Å². The average Bonchev–Trinajstić information content (AvgIpc) is 2.81. The summed E-state index contributed by atoms with van der Waals surface area (Å²) in [5, 5.41) is 2.77. The monoisotopic (exact) mass is 431 g/mol. The number of hydrogen-bond donors (Lipinski definition) is 1. The molecule has 4 rings (SSSR count). The van der Waals surface area contributed by atoms with E-state index in [1.165, 1.54) is 6.20 Å². The van der Waals surface area contributed by atoms with Crippen LogP contribution in [0.3, 0.4) is 0 Å². The maximum absolute atomic E-state index is 12.5. The maximum atomic E-state index is 12.5. The third-order valence-electron chi connectivity index (χ3n) is 5.18. The van der Waals surface area contributed by atoms with Crippen molar-refractivity contribution in [2.45, 2.75) is 13.5 Å². The summed E-state index contributed by atoms with van der Waals surface area (Å²) < 4.78 is 5.40. The number of carbonyl (C=O) groups is 2. The number of nitrogens with one attached hydrogen (secondary N) is 1. The number of rotatable bonds is 5. The molecule has 0 bridgehead atoms. The lowest BCUT2D eigenvalue weighted by Crippen LogP contribution is -2.49. The lowest BCUT2D eigenvalue weighted by atomic mass is 10.2. The van der Waals surface area contributed by atoms with Gasteiger partial charge in [0, 0.05) is 50.0 Å². The molecule has 1 aromatic carbocycles. The second kappa shape index (κ2) is 10.0. The molecule has 3 heterocycles. The first-order valence-corrected chi connectivity index (χ1v) is 10.5. The van der Waals surface area contributed by atoms with Crippen LogP contribution in [-0.2, 0) is 6.54 Å². The number of hydrogen-bond acceptors (Lipinski definition) is 6. The topological polar surface area (TPSA) is 87.7 Å². The van der Waals surface area contributed by atoms with E-state index >= 15 is 0 Å².